The molecule has 24 heavy (non-hydrogen) atoms. The Morgan fingerprint density at radius 1 is 1.17 bits per heavy atom. The van der Waals surface area contributed by atoms with Gasteiger partial charge in [-0.25, -0.2) is 0 Å². The first-order valence-electron chi connectivity index (χ1n) is 8.09. The first-order chi connectivity index (χ1) is 11.7. The van der Waals surface area contributed by atoms with Crippen LogP contribution in [0.2, 0.25) is 5.02 Å². The van der Waals surface area contributed by atoms with Crippen molar-refractivity contribution in [3.63, 3.8) is 0 Å². The van der Waals surface area contributed by atoms with Gasteiger partial charge in [-0.05, 0) is 37.1 Å². The van der Waals surface area contributed by atoms with E-state index in [0.29, 0.717) is 0 Å². The molecule has 0 fully saturated rings. The van der Waals surface area contributed by atoms with Crippen LogP contribution in [0.15, 0.2) is 40.9 Å². The van der Waals surface area contributed by atoms with E-state index in [0.717, 1.165) is 34.7 Å². The number of aromatic nitrogens is 3. The van der Waals surface area contributed by atoms with Gasteiger partial charge >= 0.3 is 0 Å². The first kappa shape index (κ1) is 17.5. The van der Waals surface area contributed by atoms with Gasteiger partial charge in [0.1, 0.15) is 0 Å². The lowest BCUT2D eigenvalue weighted by Gasteiger charge is -2.06. The zero-order valence-electron chi connectivity index (χ0n) is 13.8. The molecule has 0 spiro atoms. The van der Waals surface area contributed by atoms with E-state index in [1.165, 1.54) is 22.4 Å². The highest BCUT2D eigenvalue weighted by molar-refractivity contribution is 7.98. The summed E-state index contributed by atoms with van der Waals surface area (Å²) in [7, 11) is 0. The molecule has 0 saturated carbocycles. The Morgan fingerprint density at radius 2 is 1.96 bits per heavy atom. The zero-order valence-corrected chi connectivity index (χ0v) is 16.2. The van der Waals surface area contributed by atoms with Crippen LogP contribution in [0.25, 0.3) is 11.4 Å². The van der Waals surface area contributed by atoms with Crippen molar-refractivity contribution in [1.82, 2.24) is 14.8 Å². The number of nitrogens with zero attached hydrogens (tertiary/aromatic N) is 3. The highest BCUT2D eigenvalue weighted by Gasteiger charge is 2.14. The standard InChI is InChI=1S/C18H20ClN3S2/c1-3-5-16-10-14(12-23-16)17-20-21-18(22(17)4-2)24-11-13-6-8-15(19)9-7-13/h6-10,12H,3-5,11H2,1-2H3. The summed E-state index contributed by atoms with van der Waals surface area (Å²) in [6, 6.07) is 10.2. The molecule has 0 aliphatic carbocycles. The van der Waals surface area contributed by atoms with E-state index in [-0.39, 0.29) is 0 Å². The summed E-state index contributed by atoms with van der Waals surface area (Å²) in [5.41, 5.74) is 2.41. The van der Waals surface area contributed by atoms with E-state index in [2.05, 4.69) is 52.2 Å². The van der Waals surface area contributed by atoms with Crippen LogP contribution in [-0.2, 0) is 18.7 Å². The lowest BCUT2D eigenvalue weighted by atomic mass is 10.2. The molecule has 6 heteroatoms. The normalized spacial score (nSPS) is 11.1. The SMILES string of the molecule is CCCc1cc(-c2nnc(SCc3ccc(Cl)cc3)n2CC)cs1. The third-order valence-electron chi connectivity index (χ3n) is 3.72. The molecule has 3 aromatic rings. The van der Waals surface area contributed by atoms with Crippen molar-refractivity contribution in [2.45, 2.75) is 44.1 Å². The van der Waals surface area contributed by atoms with E-state index >= 15 is 0 Å². The molecular formula is C18H20ClN3S2. The summed E-state index contributed by atoms with van der Waals surface area (Å²) in [6.45, 7) is 5.21. The Kier molecular flexibility index (Phi) is 5.98. The van der Waals surface area contributed by atoms with Gasteiger partial charge in [-0.3, -0.25) is 0 Å². The Bertz CT molecular complexity index is 793. The Labute approximate surface area is 156 Å². The summed E-state index contributed by atoms with van der Waals surface area (Å²) >= 11 is 9.46. The van der Waals surface area contributed by atoms with Gasteiger partial charge in [0.25, 0.3) is 0 Å². The molecule has 126 valence electrons. The largest absolute Gasteiger partial charge is 0.302 e. The maximum Gasteiger partial charge on any atom is 0.191 e. The number of halogens is 1. The van der Waals surface area contributed by atoms with Gasteiger partial charge in [0, 0.05) is 33.1 Å². The summed E-state index contributed by atoms with van der Waals surface area (Å²) < 4.78 is 2.19. The summed E-state index contributed by atoms with van der Waals surface area (Å²) in [4.78, 5) is 1.41. The van der Waals surface area contributed by atoms with Crippen LogP contribution in [0.5, 0.6) is 0 Å². The monoisotopic (exact) mass is 377 g/mol. The molecule has 0 aliphatic rings. The van der Waals surface area contributed by atoms with E-state index in [4.69, 9.17) is 11.6 Å². The van der Waals surface area contributed by atoms with Crippen LogP contribution in [0.1, 0.15) is 30.7 Å². The molecule has 0 saturated heterocycles. The van der Waals surface area contributed by atoms with E-state index in [1.807, 2.05) is 23.5 Å². The van der Waals surface area contributed by atoms with Crippen molar-refractivity contribution in [3.8, 4) is 11.4 Å². The number of thiophene rings is 1. The lowest BCUT2D eigenvalue weighted by molar-refractivity contribution is 0.687. The quantitative estimate of drug-likeness (QED) is 0.478. The lowest BCUT2D eigenvalue weighted by Crippen LogP contribution is -1.99. The minimum absolute atomic E-state index is 0.767. The minimum Gasteiger partial charge on any atom is -0.302 e. The number of hydrogen-bond donors (Lipinski definition) is 0. The van der Waals surface area contributed by atoms with Crippen molar-refractivity contribution in [1.29, 1.82) is 0 Å². The summed E-state index contributed by atoms with van der Waals surface area (Å²) in [5, 5.41) is 12.8. The third kappa shape index (κ3) is 4.02. The van der Waals surface area contributed by atoms with E-state index in [1.54, 1.807) is 11.8 Å². The maximum absolute atomic E-state index is 5.94. The maximum atomic E-state index is 5.94. The van der Waals surface area contributed by atoms with E-state index < -0.39 is 0 Å². The van der Waals surface area contributed by atoms with Gasteiger partial charge in [-0.15, -0.1) is 21.5 Å². The van der Waals surface area contributed by atoms with Crippen molar-refractivity contribution in [2.75, 3.05) is 0 Å². The Hall–Kier alpha value is -1.30. The van der Waals surface area contributed by atoms with Crippen LogP contribution in [0.3, 0.4) is 0 Å². The molecular weight excluding hydrogens is 358 g/mol. The predicted molar refractivity (Wildman–Crippen MR) is 104 cm³/mol. The van der Waals surface area contributed by atoms with Gasteiger partial charge in [-0.2, -0.15) is 0 Å². The molecule has 1 aromatic carbocycles. The third-order valence-corrected chi connectivity index (χ3v) is 6.01. The van der Waals surface area contributed by atoms with Crippen molar-refractivity contribution < 1.29 is 0 Å². The molecule has 0 atom stereocenters. The molecule has 0 radical (unpaired) electrons. The molecule has 2 aromatic heterocycles. The Morgan fingerprint density at radius 3 is 2.67 bits per heavy atom. The highest BCUT2D eigenvalue weighted by atomic mass is 35.5. The molecule has 0 aliphatic heterocycles. The molecule has 0 N–H and O–H groups in total. The van der Waals surface area contributed by atoms with Gasteiger partial charge in [0.15, 0.2) is 11.0 Å². The van der Waals surface area contributed by atoms with Crippen molar-refractivity contribution in [2.24, 2.45) is 0 Å². The molecule has 0 amide bonds. The smallest absolute Gasteiger partial charge is 0.191 e. The minimum atomic E-state index is 0.767. The summed E-state index contributed by atoms with van der Waals surface area (Å²) in [5.74, 6) is 1.83. The Balaban J connectivity index is 1.77. The summed E-state index contributed by atoms with van der Waals surface area (Å²) in [6.07, 6.45) is 2.30. The molecule has 2 heterocycles. The number of aryl methyl sites for hydroxylation is 1. The van der Waals surface area contributed by atoms with Crippen LogP contribution in [0.4, 0.5) is 0 Å². The fourth-order valence-electron chi connectivity index (χ4n) is 2.50. The number of rotatable bonds is 7. The second-order valence-electron chi connectivity index (χ2n) is 5.52. The number of thioether (sulfide) groups is 1. The van der Waals surface area contributed by atoms with Crippen LogP contribution >= 0.6 is 34.7 Å². The highest BCUT2D eigenvalue weighted by Crippen LogP contribution is 2.29. The molecule has 3 rings (SSSR count). The molecule has 0 unspecified atom stereocenters. The van der Waals surface area contributed by atoms with Gasteiger partial charge in [0.05, 0.1) is 0 Å². The van der Waals surface area contributed by atoms with Crippen LogP contribution in [0, 0.1) is 0 Å². The predicted octanol–water partition coefficient (Wildman–Crippen LogP) is 5.92. The topological polar surface area (TPSA) is 30.7 Å². The second-order valence-corrected chi connectivity index (χ2v) is 7.89. The zero-order chi connectivity index (χ0) is 16.9. The first-order valence-corrected chi connectivity index (χ1v) is 10.3. The second kappa shape index (κ2) is 8.19. The van der Waals surface area contributed by atoms with Crippen molar-refractivity contribution in [3.05, 3.63) is 51.2 Å². The molecule has 3 nitrogen and oxygen atoms in total. The molecule has 0 bridgehead atoms. The van der Waals surface area contributed by atoms with Gasteiger partial charge in [0.2, 0.25) is 0 Å². The van der Waals surface area contributed by atoms with Crippen LogP contribution < -0.4 is 0 Å². The average Bonchev–Trinajstić information content (AvgIpc) is 3.21. The van der Waals surface area contributed by atoms with Gasteiger partial charge in [-0.1, -0.05) is 48.8 Å². The number of benzene rings is 1. The van der Waals surface area contributed by atoms with Gasteiger partial charge < -0.3 is 4.57 Å². The van der Waals surface area contributed by atoms with E-state index in [9.17, 15) is 0 Å². The average molecular weight is 378 g/mol. The number of hydrogen-bond acceptors (Lipinski definition) is 4. The fourth-order valence-corrected chi connectivity index (χ4v) is 4.55. The van der Waals surface area contributed by atoms with Crippen molar-refractivity contribution >= 4 is 34.7 Å². The van der Waals surface area contributed by atoms with Crippen LogP contribution in [-0.4, -0.2) is 14.8 Å². The fraction of sp³-hybridized carbons (Fsp3) is 0.333.